The van der Waals surface area contributed by atoms with E-state index in [1.807, 2.05) is 24.3 Å². The van der Waals surface area contributed by atoms with E-state index in [4.69, 9.17) is 16.3 Å². The Morgan fingerprint density at radius 1 is 1.33 bits per heavy atom. The Hall–Kier alpha value is -1.59. The summed E-state index contributed by atoms with van der Waals surface area (Å²) in [6.45, 7) is 0. The molecule has 2 aromatic rings. The van der Waals surface area contributed by atoms with Gasteiger partial charge in [0.05, 0.1) is 7.11 Å². The number of thiophene rings is 1. The third-order valence-electron chi connectivity index (χ3n) is 2.34. The SMILES string of the molecule is CON=C(C(=O)Cl)c1sc2ccccc2c1OC. The Morgan fingerprint density at radius 2 is 2.06 bits per heavy atom. The van der Waals surface area contributed by atoms with Gasteiger partial charge in [-0.1, -0.05) is 17.3 Å². The molecule has 0 aliphatic heterocycles. The second kappa shape index (κ2) is 5.37. The maximum atomic E-state index is 11.4. The highest BCUT2D eigenvalue weighted by atomic mass is 35.5. The molecule has 0 aliphatic carbocycles. The lowest BCUT2D eigenvalue weighted by molar-refractivity contribution is -0.106. The van der Waals surface area contributed by atoms with E-state index >= 15 is 0 Å². The number of fused-ring (bicyclic) bond motifs is 1. The van der Waals surface area contributed by atoms with Crippen LogP contribution in [0.2, 0.25) is 0 Å². The zero-order valence-corrected chi connectivity index (χ0v) is 11.3. The van der Waals surface area contributed by atoms with Gasteiger partial charge in [-0.05, 0) is 23.7 Å². The summed E-state index contributed by atoms with van der Waals surface area (Å²) in [5.41, 5.74) is 0.0530. The summed E-state index contributed by atoms with van der Waals surface area (Å²) in [5.74, 6) is 0.584. The van der Waals surface area contributed by atoms with Crippen LogP contribution in [0.4, 0.5) is 0 Å². The van der Waals surface area contributed by atoms with Crippen LogP contribution in [0, 0.1) is 0 Å². The first-order valence-corrected chi connectivity index (χ1v) is 6.25. The molecule has 0 spiro atoms. The van der Waals surface area contributed by atoms with Crippen LogP contribution in [0.5, 0.6) is 5.75 Å². The van der Waals surface area contributed by atoms with Gasteiger partial charge in [-0.2, -0.15) is 0 Å². The summed E-state index contributed by atoms with van der Waals surface area (Å²) in [6, 6.07) is 7.67. The molecule has 94 valence electrons. The third kappa shape index (κ3) is 2.19. The van der Waals surface area contributed by atoms with Crippen LogP contribution in [0.1, 0.15) is 4.88 Å². The summed E-state index contributed by atoms with van der Waals surface area (Å²) >= 11 is 6.90. The van der Waals surface area contributed by atoms with Gasteiger partial charge in [-0.15, -0.1) is 11.3 Å². The number of carbonyl (C=O) groups is 1. The lowest BCUT2D eigenvalue weighted by Gasteiger charge is -2.02. The molecule has 1 heterocycles. The Kier molecular flexibility index (Phi) is 3.84. The van der Waals surface area contributed by atoms with Gasteiger partial charge in [0.15, 0.2) is 5.71 Å². The lowest BCUT2D eigenvalue weighted by atomic mass is 10.2. The minimum atomic E-state index is -0.679. The number of oxime groups is 1. The van der Waals surface area contributed by atoms with Gasteiger partial charge in [0, 0.05) is 10.1 Å². The molecule has 18 heavy (non-hydrogen) atoms. The van der Waals surface area contributed by atoms with Crippen LogP contribution in [0.3, 0.4) is 0 Å². The molecule has 1 aromatic heterocycles. The normalized spacial score (nSPS) is 11.6. The first kappa shape index (κ1) is 12.9. The highest BCUT2D eigenvalue weighted by Crippen LogP contribution is 2.38. The molecule has 0 saturated heterocycles. The van der Waals surface area contributed by atoms with E-state index in [1.54, 1.807) is 7.11 Å². The summed E-state index contributed by atoms with van der Waals surface area (Å²) in [6.07, 6.45) is 0. The van der Waals surface area contributed by atoms with Crippen molar-refractivity contribution in [2.24, 2.45) is 5.16 Å². The van der Waals surface area contributed by atoms with E-state index in [-0.39, 0.29) is 5.71 Å². The van der Waals surface area contributed by atoms with Crippen molar-refractivity contribution < 1.29 is 14.4 Å². The van der Waals surface area contributed by atoms with Crippen molar-refractivity contribution in [2.45, 2.75) is 0 Å². The summed E-state index contributed by atoms with van der Waals surface area (Å²) < 4.78 is 6.33. The molecule has 0 atom stereocenters. The van der Waals surface area contributed by atoms with Gasteiger partial charge in [0.25, 0.3) is 5.24 Å². The van der Waals surface area contributed by atoms with Crippen molar-refractivity contribution in [3.8, 4) is 5.75 Å². The summed E-state index contributed by atoms with van der Waals surface area (Å²) in [4.78, 5) is 16.6. The molecule has 4 nitrogen and oxygen atoms in total. The van der Waals surface area contributed by atoms with Crippen LogP contribution in [0.15, 0.2) is 29.4 Å². The average Bonchev–Trinajstić information content (AvgIpc) is 2.73. The predicted molar refractivity (Wildman–Crippen MR) is 72.8 cm³/mol. The molecule has 0 N–H and O–H groups in total. The highest BCUT2D eigenvalue weighted by molar-refractivity contribution is 7.22. The molecule has 0 bridgehead atoms. The molecule has 0 radical (unpaired) electrons. The van der Waals surface area contributed by atoms with E-state index in [2.05, 4.69) is 9.99 Å². The van der Waals surface area contributed by atoms with Crippen molar-refractivity contribution in [3.05, 3.63) is 29.1 Å². The number of nitrogens with zero attached hydrogens (tertiary/aromatic N) is 1. The Balaban J connectivity index is 2.70. The van der Waals surface area contributed by atoms with Crippen molar-refractivity contribution in [3.63, 3.8) is 0 Å². The van der Waals surface area contributed by atoms with E-state index in [0.717, 1.165) is 10.1 Å². The number of ether oxygens (including phenoxy) is 1. The lowest BCUT2D eigenvalue weighted by Crippen LogP contribution is -2.09. The molecular weight excluding hydrogens is 274 g/mol. The van der Waals surface area contributed by atoms with Crippen molar-refractivity contribution in [1.82, 2.24) is 0 Å². The quantitative estimate of drug-likeness (QED) is 0.492. The molecule has 2 rings (SSSR count). The third-order valence-corrected chi connectivity index (χ3v) is 3.68. The van der Waals surface area contributed by atoms with Crippen molar-refractivity contribution in [2.75, 3.05) is 14.2 Å². The number of halogens is 1. The van der Waals surface area contributed by atoms with Gasteiger partial charge in [0.2, 0.25) is 0 Å². The second-order valence-corrected chi connectivity index (χ2v) is 4.75. The first-order valence-electron chi connectivity index (χ1n) is 5.06. The smallest absolute Gasteiger partial charge is 0.275 e. The van der Waals surface area contributed by atoms with Crippen LogP contribution in [0.25, 0.3) is 10.1 Å². The Bertz CT molecular complexity index is 621. The van der Waals surface area contributed by atoms with E-state index in [0.29, 0.717) is 10.6 Å². The van der Waals surface area contributed by atoms with Crippen molar-refractivity contribution >= 4 is 44.0 Å². The van der Waals surface area contributed by atoms with Crippen molar-refractivity contribution in [1.29, 1.82) is 0 Å². The standard InChI is InChI=1S/C12H10ClNO3S/c1-16-10-7-5-3-4-6-8(7)18-11(10)9(12(13)15)14-17-2/h3-6H,1-2H3. The fourth-order valence-corrected chi connectivity index (χ4v) is 2.97. The van der Waals surface area contributed by atoms with Gasteiger partial charge in [0.1, 0.15) is 17.7 Å². The zero-order chi connectivity index (χ0) is 13.1. The summed E-state index contributed by atoms with van der Waals surface area (Å²) in [5, 5.41) is 3.90. The predicted octanol–water partition coefficient (Wildman–Crippen LogP) is 3.03. The van der Waals surface area contributed by atoms with Crippen LogP contribution < -0.4 is 4.74 Å². The second-order valence-electron chi connectivity index (χ2n) is 3.36. The first-order chi connectivity index (χ1) is 8.69. The molecule has 0 aliphatic rings. The van der Waals surface area contributed by atoms with E-state index in [1.165, 1.54) is 18.4 Å². The number of hydrogen-bond acceptors (Lipinski definition) is 5. The van der Waals surface area contributed by atoms with Crippen LogP contribution in [-0.4, -0.2) is 25.2 Å². The van der Waals surface area contributed by atoms with Gasteiger partial charge < -0.3 is 9.57 Å². The number of hydrogen-bond donors (Lipinski definition) is 0. The van der Waals surface area contributed by atoms with Gasteiger partial charge >= 0.3 is 0 Å². The highest BCUT2D eigenvalue weighted by Gasteiger charge is 2.22. The minimum absolute atomic E-state index is 0.0530. The number of carbonyl (C=O) groups excluding carboxylic acids is 1. The Labute approximate surface area is 113 Å². The van der Waals surface area contributed by atoms with Gasteiger partial charge in [-0.25, -0.2) is 0 Å². The topological polar surface area (TPSA) is 47.9 Å². The number of benzene rings is 1. The maximum Gasteiger partial charge on any atom is 0.275 e. The van der Waals surface area contributed by atoms with Crippen LogP contribution >= 0.6 is 22.9 Å². The van der Waals surface area contributed by atoms with Gasteiger partial charge in [-0.3, -0.25) is 4.79 Å². The fourth-order valence-electron chi connectivity index (χ4n) is 1.64. The average molecular weight is 284 g/mol. The van der Waals surface area contributed by atoms with E-state index < -0.39 is 5.24 Å². The molecule has 1 aromatic carbocycles. The zero-order valence-electron chi connectivity index (χ0n) is 9.77. The molecule has 0 fully saturated rings. The molecule has 0 unspecified atom stereocenters. The number of methoxy groups -OCH3 is 1. The van der Waals surface area contributed by atoms with E-state index in [9.17, 15) is 4.79 Å². The maximum absolute atomic E-state index is 11.4. The largest absolute Gasteiger partial charge is 0.495 e. The molecular formula is C12H10ClNO3S. The minimum Gasteiger partial charge on any atom is -0.495 e. The summed E-state index contributed by atoms with van der Waals surface area (Å²) in [7, 11) is 2.90. The Morgan fingerprint density at radius 3 is 2.67 bits per heavy atom. The molecule has 0 amide bonds. The number of rotatable bonds is 4. The fraction of sp³-hybridized carbons (Fsp3) is 0.167. The molecule has 6 heteroatoms. The van der Waals surface area contributed by atoms with Crippen LogP contribution in [-0.2, 0) is 9.63 Å². The monoisotopic (exact) mass is 283 g/mol. The molecule has 0 saturated carbocycles.